The predicted molar refractivity (Wildman–Crippen MR) is 98.3 cm³/mol. The van der Waals surface area contributed by atoms with Crippen LogP contribution in [-0.2, 0) is 4.74 Å². The number of morpholine rings is 1. The number of carbonyl (C=O) groups excluding carboxylic acids is 1. The smallest absolute Gasteiger partial charge is 0.192 e. The molecule has 1 fully saturated rings. The van der Waals surface area contributed by atoms with E-state index in [2.05, 4.69) is 17.0 Å². The van der Waals surface area contributed by atoms with Crippen LogP contribution in [0.15, 0.2) is 48.0 Å². The zero-order chi connectivity index (χ0) is 17.9. The summed E-state index contributed by atoms with van der Waals surface area (Å²) in [5.74, 6) is -0.159. The van der Waals surface area contributed by atoms with Gasteiger partial charge in [-0.15, -0.1) is 0 Å². The highest BCUT2D eigenvalue weighted by atomic mass is 19.1. The highest BCUT2D eigenvalue weighted by Crippen LogP contribution is 2.28. The van der Waals surface area contributed by atoms with Gasteiger partial charge < -0.3 is 14.4 Å². The number of ketones is 1. The van der Waals surface area contributed by atoms with Crippen LogP contribution in [0.5, 0.6) is 5.75 Å². The fourth-order valence-electron chi connectivity index (χ4n) is 3.30. The summed E-state index contributed by atoms with van der Waals surface area (Å²) in [4.78, 5) is 15.1. The van der Waals surface area contributed by atoms with Crippen LogP contribution >= 0.6 is 0 Å². The molecule has 4 nitrogen and oxygen atoms in total. The zero-order valence-corrected chi connectivity index (χ0v) is 14.4. The fraction of sp³-hybridized carbons (Fsp3) is 0.286. The first kappa shape index (κ1) is 16.8. The molecule has 2 aliphatic rings. The molecule has 4 rings (SSSR count). The summed E-state index contributed by atoms with van der Waals surface area (Å²) in [6, 6.07) is 12.2. The van der Waals surface area contributed by atoms with Gasteiger partial charge >= 0.3 is 0 Å². The summed E-state index contributed by atoms with van der Waals surface area (Å²) in [5.41, 5.74) is 3.02. The van der Waals surface area contributed by atoms with Crippen molar-refractivity contribution in [3.8, 4) is 5.75 Å². The minimum atomic E-state index is -0.434. The van der Waals surface area contributed by atoms with Crippen molar-refractivity contribution >= 4 is 17.5 Å². The number of ether oxygens (including phenoxy) is 2. The number of rotatable bonds is 2. The molecular weight excluding hydrogens is 333 g/mol. The number of fused-ring (bicyclic) bond motifs is 1. The van der Waals surface area contributed by atoms with Crippen molar-refractivity contribution in [1.82, 2.24) is 0 Å². The highest BCUT2D eigenvalue weighted by molar-refractivity contribution is 6.13. The van der Waals surface area contributed by atoms with E-state index in [-0.39, 0.29) is 5.78 Å². The van der Waals surface area contributed by atoms with Crippen molar-refractivity contribution in [3.05, 3.63) is 65.0 Å². The molecule has 0 bridgehead atoms. The van der Waals surface area contributed by atoms with Gasteiger partial charge in [0, 0.05) is 30.8 Å². The van der Waals surface area contributed by atoms with E-state index in [1.54, 1.807) is 0 Å². The van der Waals surface area contributed by atoms with Gasteiger partial charge in [0.15, 0.2) is 5.78 Å². The molecule has 0 atom stereocenters. The van der Waals surface area contributed by atoms with E-state index < -0.39 is 5.82 Å². The Morgan fingerprint density at radius 3 is 2.54 bits per heavy atom. The van der Waals surface area contributed by atoms with Crippen LogP contribution in [0.3, 0.4) is 0 Å². The maximum atomic E-state index is 13.5. The zero-order valence-electron chi connectivity index (χ0n) is 14.4. The van der Waals surface area contributed by atoms with E-state index >= 15 is 0 Å². The molecule has 2 aliphatic heterocycles. The Morgan fingerprint density at radius 2 is 1.77 bits per heavy atom. The molecule has 0 aromatic heterocycles. The predicted octanol–water partition coefficient (Wildman–Crippen LogP) is 3.71. The van der Waals surface area contributed by atoms with E-state index in [0.29, 0.717) is 29.9 Å². The van der Waals surface area contributed by atoms with Gasteiger partial charge in [0.05, 0.1) is 25.4 Å². The number of hydrogen-bond donors (Lipinski definition) is 0. The van der Waals surface area contributed by atoms with Gasteiger partial charge in [-0.1, -0.05) is 12.1 Å². The van der Waals surface area contributed by atoms with Crippen LogP contribution in [0.2, 0.25) is 0 Å². The molecule has 134 valence electrons. The molecular formula is C21H20FNO3. The molecule has 0 spiro atoms. The SMILES string of the molecule is O=C1/C(=C/c2ccc(N3CCOCC3)cc2)CCOc2ccc(F)cc21. The average Bonchev–Trinajstić information content (AvgIpc) is 2.83. The first-order chi connectivity index (χ1) is 12.7. The molecule has 0 amide bonds. The molecule has 26 heavy (non-hydrogen) atoms. The van der Waals surface area contributed by atoms with Crippen LogP contribution in [0.25, 0.3) is 6.08 Å². The molecule has 0 saturated carbocycles. The number of halogens is 1. The van der Waals surface area contributed by atoms with Gasteiger partial charge in [-0.2, -0.15) is 0 Å². The lowest BCUT2D eigenvalue weighted by Gasteiger charge is -2.28. The van der Waals surface area contributed by atoms with E-state index in [4.69, 9.17) is 9.47 Å². The first-order valence-electron chi connectivity index (χ1n) is 8.81. The van der Waals surface area contributed by atoms with Crippen molar-refractivity contribution < 1.29 is 18.7 Å². The summed E-state index contributed by atoms with van der Waals surface area (Å²) < 4.78 is 24.5. The molecule has 5 heteroatoms. The first-order valence-corrected chi connectivity index (χ1v) is 8.81. The standard InChI is InChI=1S/C21H20FNO3/c22-17-3-6-20-19(14-17)21(24)16(7-10-26-20)13-15-1-4-18(5-2-15)23-8-11-25-12-9-23/h1-6,13-14H,7-12H2/b16-13+. The third-order valence-corrected chi connectivity index (χ3v) is 4.72. The van der Waals surface area contributed by atoms with Crippen molar-refractivity contribution in [2.75, 3.05) is 37.8 Å². The molecule has 2 aromatic rings. The number of hydrogen-bond acceptors (Lipinski definition) is 4. The van der Waals surface area contributed by atoms with Gasteiger partial charge in [-0.25, -0.2) is 4.39 Å². The number of carbonyl (C=O) groups is 1. The van der Waals surface area contributed by atoms with Crippen molar-refractivity contribution in [2.45, 2.75) is 6.42 Å². The normalized spacial score (nSPS) is 19.0. The van der Waals surface area contributed by atoms with Crippen LogP contribution in [-0.4, -0.2) is 38.7 Å². The maximum absolute atomic E-state index is 13.5. The Balaban J connectivity index is 1.58. The Labute approximate surface area is 151 Å². The third-order valence-electron chi connectivity index (χ3n) is 4.72. The lowest BCUT2D eigenvalue weighted by Crippen LogP contribution is -2.36. The Hall–Kier alpha value is -2.66. The van der Waals surface area contributed by atoms with Gasteiger partial charge in [0.25, 0.3) is 0 Å². The van der Waals surface area contributed by atoms with E-state index in [1.807, 2.05) is 18.2 Å². The van der Waals surface area contributed by atoms with Gasteiger partial charge in [0.1, 0.15) is 11.6 Å². The molecule has 0 radical (unpaired) electrons. The number of nitrogens with zero attached hydrogens (tertiary/aromatic N) is 1. The third kappa shape index (κ3) is 3.48. The summed E-state index contributed by atoms with van der Waals surface area (Å²) >= 11 is 0. The van der Waals surface area contributed by atoms with Gasteiger partial charge in [-0.3, -0.25) is 4.79 Å². The van der Waals surface area contributed by atoms with Gasteiger partial charge in [-0.05, 0) is 42.0 Å². The average molecular weight is 353 g/mol. The number of Topliss-reactive ketones (excluding diaryl/α,β-unsaturated/α-hetero) is 1. The number of anilines is 1. The monoisotopic (exact) mass is 353 g/mol. The summed E-state index contributed by atoms with van der Waals surface area (Å²) in [6.45, 7) is 3.67. The van der Waals surface area contributed by atoms with Crippen LogP contribution in [0.4, 0.5) is 10.1 Å². The van der Waals surface area contributed by atoms with Crippen molar-refractivity contribution in [2.24, 2.45) is 0 Å². The Morgan fingerprint density at radius 1 is 1.00 bits per heavy atom. The lowest BCUT2D eigenvalue weighted by molar-refractivity contribution is 0.103. The van der Waals surface area contributed by atoms with E-state index in [9.17, 15) is 9.18 Å². The Bertz CT molecular complexity index is 839. The molecule has 0 aliphatic carbocycles. The maximum Gasteiger partial charge on any atom is 0.192 e. The fourth-order valence-corrected chi connectivity index (χ4v) is 3.30. The second kappa shape index (κ2) is 7.30. The molecule has 1 saturated heterocycles. The minimum Gasteiger partial charge on any atom is -0.492 e. The number of benzene rings is 2. The topological polar surface area (TPSA) is 38.8 Å². The Kier molecular flexibility index (Phi) is 4.71. The molecule has 2 heterocycles. The summed E-state index contributed by atoms with van der Waals surface area (Å²) in [7, 11) is 0. The highest BCUT2D eigenvalue weighted by Gasteiger charge is 2.21. The quantitative estimate of drug-likeness (QED) is 0.772. The summed E-state index contributed by atoms with van der Waals surface area (Å²) in [6.07, 6.45) is 2.37. The van der Waals surface area contributed by atoms with Crippen molar-refractivity contribution in [1.29, 1.82) is 0 Å². The second-order valence-corrected chi connectivity index (χ2v) is 6.43. The molecule has 0 unspecified atom stereocenters. The molecule has 2 aromatic carbocycles. The van der Waals surface area contributed by atoms with Crippen LogP contribution in [0.1, 0.15) is 22.3 Å². The minimum absolute atomic E-state index is 0.172. The lowest BCUT2D eigenvalue weighted by atomic mass is 9.99. The molecule has 0 N–H and O–H groups in total. The van der Waals surface area contributed by atoms with Gasteiger partial charge in [0.2, 0.25) is 0 Å². The van der Waals surface area contributed by atoms with E-state index in [0.717, 1.165) is 37.6 Å². The van der Waals surface area contributed by atoms with Crippen LogP contribution in [0, 0.1) is 5.82 Å². The van der Waals surface area contributed by atoms with Crippen LogP contribution < -0.4 is 9.64 Å². The summed E-state index contributed by atoms with van der Waals surface area (Å²) in [5, 5.41) is 0. The second-order valence-electron chi connectivity index (χ2n) is 6.43. The van der Waals surface area contributed by atoms with Crippen molar-refractivity contribution in [3.63, 3.8) is 0 Å². The largest absolute Gasteiger partial charge is 0.492 e. The van der Waals surface area contributed by atoms with E-state index in [1.165, 1.54) is 18.2 Å².